The molecule has 2 rings (SSSR count). The summed E-state index contributed by atoms with van der Waals surface area (Å²) in [6, 6.07) is 4.46. The highest BCUT2D eigenvalue weighted by atomic mass is 19.1. The standard InChI is InChI=1S/C17H21FO3/c1-12-8-17(9-13(2)21-12)20-11-15-5-6-16(18)10-14(15)4-3-7-19/h5-6,10,12-13,17,19H,7-9,11H2,1-2H3. The van der Waals surface area contributed by atoms with Gasteiger partial charge >= 0.3 is 0 Å². The van der Waals surface area contributed by atoms with E-state index in [4.69, 9.17) is 14.6 Å². The van der Waals surface area contributed by atoms with Crippen molar-refractivity contribution in [1.82, 2.24) is 0 Å². The zero-order chi connectivity index (χ0) is 15.2. The predicted molar refractivity (Wildman–Crippen MR) is 78.2 cm³/mol. The van der Waals surface area contributed by atoms with Gasteiger partial charge in [0.1, 0.15) is 12.4 Å². The van der Waals surface area contributed by atoms with E-state index in [1.807, 2.05) is 13.8 Å². The van der Waals surface area contributed by atoms with Crippen molar-refractivity contribution in [3.8, 4) is 11.8 Å². The van der Waals surface area contributed by atoms with Crippen LogP contribution >= 0.6 is 0 Å². The summed E-state index contributed by atoms with van der Waals surface area (Å²) in [5.74, 6) is 4.97. The van der Waals surface area contributed by atoms with Crippen molar-refractivity contribution >= 4 is 0 Å². The molecule has 1 N–H and O–H groups in total. The minimum absolute atomic E-state index is 0.146. The van der Waals surface area contributed by atoms with Gasteiger partial charge in [0.05, 0.1) is 24.9 Å². The minimum atomic E-state index is -0.339. The summed E-state index contributed by atoms with van der Waals surface area (Å²) in [4.78, 5) is 0. The van der Waals surface area contributed by atoms with Crippen LogP contribution in [0.25, 0.3) is 0 Å². The molecule has 1 saturated heterocycles. The van der Waals surface area contributed by atoms with E-state index in [1.54, 1.807) is 6.07 Å². The fraction of sp³-hybridized carbons (Fsp3) is 0.529. The molecular formula is C17H21FO3. The maximum Gasteiger partial charge on any atom is 0.124 e. The third-order valence-electron chi connectivity index (χ3n) is 3.50. The Hall–Kier alpha value is -1.41. The quantitative estimate of drug-likeness (QED) is 0.871. The lowest BCUT2D eigenvalue weighted by Crippen LogP contribution is -2.34. The number of hydrogen-bond acceptors (Lipinski definition) is 3. The predicted octanol–water partition coefficient (Wildman–Crippen LogP) is 2.64. The lowest BCUT2D eigenvalue weighted by Gasteiger charge is -2.32. The topological polar surface area (TPSA) is 38.7 Å². The molecule has 1 heterocycles. The van der Waals surface area contributed by atoms with Crippen LogP contribution in [0.5, 0.6) is 0 Å². The fourth-order valence-corrected chi connectivity index (χ4v) is 2.61. The average molecular weight is 292 g/mol. The molecule has 0 amide bonds. The number of aliphatic hydroxyl groups is 1. The number of rotatable bonds is 3. The Labute approximate surface area is 125 Å². The lowest BCUT2D eigenvalue weighted by atomic mass is 10.0. The second-order valence-electron chi connectivity index (χ2n) is 5.42. The van der Waals surface area contributed by atoms with Gasteiger partial charge in [-0.3, -0.25) is 0 Å². The van der Waals surface area contributed by atoms with Crippen molar-refractivity contribution in [2.75, 3.05) is 6.61 Å². The second kappa shape index (κ2) is 7.56. The summed E-state index contributed by atoms with van der Waals surface area (Å²) >= 11 is 0. The molecule has 21 heavy (non-hydrogen) atoms. The molecule has 1 aliphatic heterocycles. The van der Waals surface area contributed by atoms with Crippen molar-refractivity contribution in [2.24, 2.45) is 0 Å². The number of ether oxygens (including phenoxy) is 2. The van der Waals surface area contributed by atoms with Crippen LogP contribution in [0.1, 0.15) is 37.8 Å². The van der Waals surface area contributed by atoms with Crippen LogP contribution in [0.4, 0.5) is 4.39 Å². The molecule has 1 aromatic rings. The van der Waals surface area contributed by atoms with Crippen LogP contribution in [-0.2, 0) is 16.1 Å². The summed E-state index contributed by atoms with van der Waals surface area (Å²) in [5, 5.41) is 8.77. The van der Waals surface area contributed by atoms with Gasteiger partial charge in [0, 0.05) is 5.56 Å². The van der Waals surface area contributed by atoms with Gasteiger partial charge in [-0.25, -0.2) is 4.39 Å². The van der Waals surface area contributed by atoms with Crippen LogP contribution < -0.4 is 0 Å². The van der Waals surface area contributed by atoms with E-state index >= 15 is 0 Å². The number of hydrogen-bond donors (Lipinski definition) is 1. The molecule has 1 aliphatic rings. The highest BCUT2D eigenvalue weighted by Gasteiger charge is 2.25. The van der Waals surface area contributed by atoms with Gasteiger partial charge in [0.15, 0.2) is 0 Å². The van der Waals surface area contributed by atoms with E-state index in [0.717, 1.165) is 18.4 Å². The maximum atomic E-state index is 13.3. The van der Waals surface area contributed by atoms with E-state index in [0.29, 0.717) is 12.2 Å². The van der Waals surface area contributed by atoms with Gasteiger partial charge in [-0.2, -0.15) is 0 Å². The van der Waals surface area contributed by atoms with Gasteiger partial charge in [-0.1, -0.05) is 17.9 Å². The highest BCUT2D eigenvalue weighted by Crippen LogP contribution is 2.23. The molecule has 0 saturated carbocycles. The Morgan fingerprint density at radius 3 is 2.71 bits per heavy atom. The smallest absolute Gasteiger partial charge is 0.124 e. The molecule has 0 bridgehead atoms. The first kappa shape index (κ1) is 16.0. The van der Waals surface area contributed by atoms with Gasteiger partial charge in [-0.05, 0) is 44.4 Å². The molecule has 0 aliphatic carbocycles. The first-order chi connectivity index (χ1) is 10.1. The molecule has 1 fully saturated rings. The van der Waals surface area contributed by atoms with Crippen LogP contribution in [0.3, 0.4) is 0 Å². The maximum absolute atomic E-state index is 13.3. The summed E-state index contributed by atoms with van der Waals surface area (Å²) < 4.78 is 24.9. The van der Waals surface area contributed by atoms with E-state index in [-0.39, 0.29) is 30.7 Å². The molecule has 0 aromatic heterocycles. The Bertz CT molecular complexity index is 523. The van der Waals surface area contributed by atoms with Crippen LogP contribution in [0, 0.1) is 17.7 Å². The molecule has 2 unspecified atom stereocenters. The van der Waals surface area contributed by atoms with Crippen LogP contribution in [-0.4, -0.2) is 30.0 Å². The molecule has 114 valence electrons. The number of benzene rings is 1. The minimum Gasteiger partial charge on any atom is -0.384 e. The summed E-state index contributed by atoms with van der Waals surface area (Å²) in [6.07, 6.45) is 2.26. The van der Waals surface area contributed by atoms with Crippen molar-refractivity contribution < 1.29 is 19.0 Å². The van der Waals surface area contributed by atoms with Crippen molar-refractivity contribution in [3.05, 3.63) is 35.1 Å². The Balaban J connectivity index is 2.02. The Kier molecular flexibility index (Phi) is 5.75. The SMILES string of the molecule is CC1CC(OCc2ccc(F)cc2C#CCO)CC(C)O1. The Morgan fingerprint density at radius 2 is 2.05 bits per heavy atom. The van der Waals surface area contributed by atoms with Gasteiger partial charge in [0.25, 0.3) is 0 Å². The van der Waals surface area contributed by atoms with E-state index < -0.39 is 0 Å². The Morgan fingerprint density at radius 1 is 1.33 bits per heavy atom. The largest absolute Gasteiger partial charge is 0.384 e. The van der Waals surface area contributed by atoms with Crippen molar-refractivity contribution in [3.63, 3.8) is 0 Å². The number of halogens is 1. The molecule has 0 radical (unpaired) electrons. The molecule has 3 nitrogen and oxygen atoms in total. The van der Waals surface area contributed by atoms with Crippen LogP contribution in [0.15, 0.2) is 18.2 Å². The average Bonchev–Trinajstić information content (AvgIpc) is 2.43. The lowest BCUT2D eigenvalue weighted by molar-refractivity contribution is -0.106. The van der Waals surface area contributed by atoms with Gasteiger partial charge in [-0.15, -0.1) is 0 Å². The van der Waals surface area contributed by atoms with Crippen molar-refractivity contribution in [2.45, 2.75) is 51.6 Å². The van der Waals surface area contributed by atoms with E-state index in [2.05, 4.69) is 11.8 Å². The summed E-state index contributed by atoms with van der Waals surface area (Å²) in [5.41, 5.74) is 1.40. The number of aliphatic hydroxyl groups excluding tert-OH is 1. The molecule has 0 spiro atoms. The molecule has 1 aromatic carbocycles. The zero-order valence-electron chi connectivity index (χ0n) is 12.4. The highest BCUT2D eigenvalue weighted by molar-refractivity contribution is 5.41. The first-order valence-corrected chi connectivity index (χ1v) is 7.23. The van der Waals surface area contributed by atoms with Gasteiger partial charge < -0.3 is 14.6 Å². The van der Waals surface area contributed by atoms with E-state index in [1.165, 1.54) is 12.1 Å². The molecule has 2 atom stereocenters. The molecule has 4 heteroatoms. The normalized spacial score (nSPS) is 25.2. The summed E-state index contributed by atoms with van der Waals surface area (Å²) in [7, 11) is 0. The third kappa shape index (κ3) is 4.82. The monoisotopic (exact) mass is 292 g/mol. The third-order valence-corrected chi connectivity index (χ3v) is 3.50. The molecular weight excluding hydrogens is 271 g/mol. The van der Waals surface area contributed by atoms with Crippen molar-refractivity contribution in [1.29, 1.82) is 0 Å². The van der Waals surface area contributed by atoms with E-state index in [9.17, 15) is 4.39 Å². The van der Waals surface area contributed by atoms with Crippen LogP contribution in [0.2, 0.25) is 0 Å². The first-order valence-electron chi connectivity index (χ1n) is 7.23. The van der Waals surface area contributed by atoms with Gasteiger partial charge in [0.2, 0.25) is 0 Å². The summed E-state index contributed by atoms with van der Waals surface area (Å²) in [6.45, 7) is 4.23. The zero-order valence-corrected chi connectivity index (χ0v) is 12.4. The second-order valence-corrected chi connectivity index (χ2v) is 5.42. The fourth-order valence-electron chi connectivity index (χ4n) is 2.61.